The van der Waals surface area contributed by atoms with Gasteiger partial charge in [-0.3, -0.25) is 19.2 Å². The smallest absolute Gasteiger partial charge is 0.233 e. The van der Waals surface area contributed by atoms with Crippen LogP contribution in [0.5, 0.6) is 0 Å². The average molecular weight is 332 g/mol. The lowest BCUT2D eigenvalue weighted by atomic mass is 9.72. The summed E-state index contributed by atoms with van der Waals surface area (Å²) in [6, 6.07) is 12.7. The van der Waals surface area contributed by atoms with Gasteiger partial charge in [-0.15, -0.1) is 0 Å². The van der Waals surface area contributed by atoms with E-state index in [1.54, 1.807) is 30.3 Å². The first-order valence-corrected chi connectivity index (χ1v) is 7.76. The second kappa shape index (κ2) is 5.43. The van der Waals surface area contributed by atoms with Gasteiger partial charge in [-0.2, -0.15) is 0 Å². The monoisotopic (exact) mass is 332 g/mol. The molecule has 2 aliphatic carbocycles. The molecule has 2 atom stereocenters. The first kappa shape index (κ1) is 15.4. The molecule has 0 fully saturated rings. The third-order valence-electron chi connectivity index (χ3n) is 4.65. The summed E-state index contributed by atoms with van der Waals surface area (Å²) in [4.78, 5) is 49.5. The van der Waals surface area contributed by atoms with Gasteiger partial charge in [0.15, 0.2) is 11.6 Å². The molecule has 0 saturated carbocycles. The normalized spacial score (nSPS) is 22.4. The molecule has 0 amide bonds. The van der Waals surface area contributed by atoms with Crippen LogP contribution < -0.4 is 0 Å². The van der Waals surface area contributed by atoms with E-state index in [4.69, 9.17) is 0 Å². The molecule has 4 rings (SSSR count). The number of aliphatic hydroxyl groups excluding tert-OH is 1. The van der Waals surface area contributed by atoms with E-state index in [0.29, 0.717) is 5.56 Å². The summed E-state index contributed by atoms with van der Waals surface area (Å²) in [5.74, 6) is -3.64. The molecule has 2 aliphatic rings. The van der Waals surface area contributed by atoms with Crippen molar-refractivity contribution in [1.82, 2.24) is 0 Å². The zero-order valence-corrected chi connectivity index (χ0v) is 12.9. The quantitative estimate of drug-likeness (QED) is 0.806. The lowest BCUT2D eigenvalue weighted by Gasteiger charge is -2.30. The Morgan fingerprint density at radius 2 is 1.20 bits per heavy atom. The summed E-state index contributed by atoms with van der Waals surface area (Å²) >= 11 is 0. The zero-order chi connectivity index (χ0) is 17.7. The van der Waals surface area contributed by atoms with Crippen molar-refractivity contribution in [2.45, 2.75) is 6.10 Å². The summed E-state index contributed by atoms with van der Waals surface area (Å²) in [6.45, 7) is 0. The van der Waals surface area contributed by atoms with Crippen molar-refractivity contribution in [2.24, 2.45) is 5.92 Å². The van der Waals surface area contributed by atoms with Crippen molar-refractivity contribution in [3.63, 3.8) is 0 Å². The van der Waals surface area contributed by atoms with Crippen LogP contribution in [-0.4, -0.2) is 34.3 Å². The highest BCUT2D eigenvalue weighted by Crippen LogP contribution is 2.38. The van der Waals surface area contributed by atoms with Crippen molar-refractivity contribution in [3.05, 3.63) is 76.9 Å². The number of benzene rings is 2. The maximum absolute atomic E-state index is 12.9. The maximum atomic E-state index is 12.9. The number of aliphatic hydroxyl groups is 1. The number of fused-ring (bicyclic) bond motifs is 2. The third-order valence-corrected chi connectivity index (χ3v) is 4.65. The number of allylic oxidation sites excluding steroid dienone is 1. The highest BCUT2D eigenvalue weighted by molar-refractivity contribution is 6.51. The standard InChI is InChI=1S/C20H12O5/c21-15-9-14(10-5-1-2-6-11(10)17(15)22)16-18(23)12-7-3-4-8-13(12)19(24)20(16)25/h1-9,16,20,25H/t16-,20-/m1/s1. The van der Waals surface area contributed by atoms with Crippen LogP contribution in [0.15, 0.2) is 54.6 Å². The van der Waals surface area contributed by atoms with Gasteiger partial charge in [0.25, 0.3) is 0 Å². The Morgan fingerprint density at radius 3 is 1.84 bits per heavy atom. The largest absolute Gasteiger partial charge is 0.384 e. The van der Waals surface area contributed by atoms with Gasteiger partial charge in [-0.25, -0.2) is 0 Å². The van der Waals surface area contributed by atoms with Crippen molar-refractivity contribution in [1.29, 1.82) is 0 Å². The Hall–Kier alpha value is -3.18. The van der Waals surface area contributed by atoms with E-state index in [2.05, 4.69) is 0 Å². The van der Waals surface area contributed by atoms with Crippen molar-refractivity contribution >= 4 is 28.7 Å². The van der Waals surface area contributed by atoms with Gasteiger partial charge in [0.05, 0.1) is 5.92 Å². The predicted octanol–water partition coefficient (Wildman–Crippen LogP) is 1.89. The molecule has 2 aromatic rings. The molecule has 0 spiro atoms. The van der Waals surface area contributed by atoms with E-state index in [1.807, 2.05) is 0 Å². The average Bonchev–Trinajstić information content (AvgIpc) is 2.64. The number of carbonyl (C=O) groups is 4. The fourth-order valence-corrected chi connectivity index (χ4v) is 3.45. The summed E-state index contributed by atoms with van der Waals surface area (Å²) < 4.78 is 0. The molecule has 1 N–H and O–H groups in total. The van der Waals surface area contributed by atoms with Gasteiger partial charge in [-0.05, 0) is 17.2 Å². The molecule has 0 radical (unpaired) electrons. The molecule has 122 valence electrons. The van der Waals surface area contributed by atoms with Crippen LogP contribution >= 0.6 is 0 Å². The number of ketones is 4. The highest BCUT2D eigenvalue weighted by Gasteiger charge is 2.44. The van der Waals surface area contributed by atoms with Gasteiger partial charge in [0.2, 0.25) is 11.6 Å². The number of hydrogen-bond acceptors (Lipinski definition) is 5. The van der Waals surface area contributed by atoms with Gasteiger partial charge in [-0.1, -0.05) is 48.5 Å². The molecule has 5 nitrogen and oxygen atoms in total. The Bertz CT molecular complexity index is 999. The fourth-order valence-electron chi connectivity index (χ4n) is 3.45. The first-order valence-electron chi connectivity index (χ1n) is 7.76. The molecule has 0 heterocycles. The molecule has 0 unspecified atom stereocenters. The highest BCUT2D eigenvalue weighted by atomic mass is 16.3. The van der Waals surface area contributed by atoms with Gasteiger partial charge in [0, 0.05) is 16.7 Å². The van der Waals surface area contributed by atoms with E-state index in [0.717, 1.165) is 6.08 Å². The number of Topliss-reactive ketones (excluding diaryl/α,β-unsaturated/α-hetero) is 3. The van der Waals surface area contributed by atoms with Gasteiger partial charge in [0.1, 0.15) is 6.10 Å². The minimum absolute atomic E-state index is 0.170. The molecule has 0 saturated heterocycles. The molecule has 5 heteroatoms. The number of carbonyl (C=O) groups excluding carboxylic acids is 4. The number of rotatable bonds is 1. The Balaban J connectivity index is 1.92. The van der Waals surface area contributed by atoms with Gasteiger partial charge >= 0.3 is 0 Å². The maximum Gasteiger partial charge on any atom is 0.233 e. The second-order valence-corrected chi connectivity index (χ2v) is 6.04. The second-order valence-electron chi connectivity index (χ2n) is 6.04. The zero-order valence-electron chi connectivity index (χ0n) is 12.9. The summed E-state index contributed by atoms with van der Waals surface area (Å²) in [7, 11) is 0. The lowest BCUT2D eigenvalue weighted by Crippen LogP contribution is -2.42. The summed E-state index contributed by atoms with van der Waals surface area (Å²) in [5, 5.41) is 10.5. The van der Waals surface area contributed by atoms with E-state index < -0.39 is 35.2 Å². The van der Waals surface area contributed by atoms with E-state index in [1.165, 1.54) is 18.2 Å². The Morgan fingerprint density at radius 1 is 0.680 bits per heavy atom. The fraction of sp³-hybridized carbons (Fsp3) is 0.100. The summed E-state index contributed by atoms with van der Waals surface area (Å²) in [5.41, 5.74) is 1.17. The van der Waals surface area contributed by atoms with Crippen LogP contribution in [0.3, 0.4) is 0 Å². The minimum Gasteiger partial charge on any atom is -0.384 e. The molecule has 0 aliphatic heterocycles. The van der Waals surface area contributed by atoms with Crippen molar-refractivity contribution in [3.8, 4) is 0 Å². The van der Waals surface area contributed by atoms with E-state index in [-0.39, 0.29) is 22.3 Å². The van der Waals surface area contributed by atoms with Crippen LogP contribution in [0.2, 0.25) is 0 Å². The van der Waals surface area contributed by atoms with Crippen LogP contribution in [0.25, 0.3) is 5.57 Å². The summed E-state index contributed by atoms with van der Waals surface area (Å²) in [6.07, 6.45) is -0.528. The molecule has 0 aromatic heterocycles. The van der Waals surface area contributed by atoms with E-state index in [9.17, 15) is 24.3 Å². The van der Waals surface area contributed by atoms with Gasteiger partial charge < -0.3 is 5.11 Å². The minimum atomic E-state index is -1.59. The SMILES string of the molecule is O=C1C=C([C@@H]2C(=O)c3ccccc3C(=O)[C@@H]2O)c2ccccc2C1=O. The number of hydrogen-bond donors (Lipinski definition) is 1. The Labute approximate surface area is 142 Å². The molecule has 2 aromatic carbocycles. The van der Waals surface area contributed by atoms with E-state index >= 15 is 0 Å². The van der Waals surface area contributed by atoms with Crippen LogP contribution in [-0.2, 0) is 4.79 Å². The molecule has 25 heavy (non-hydrogen) atoms. The Kier molecular flexibility index (Phi) is 3.33. The molecular formula is C20H12O5. The lowest BCUT2D eigenvalue weighted by molar-refractivity contribution is -0.111. The molecular weight excluding hydrogens is 320 g/mol. The van der Waals surface area contributed by atoms with Crippen LogP contribution in [0, 0.1) is 5.92 Å². The van der Waals surface area contributed by atoms with Crippen molar-refractivity contribution in [2.75, 3.05) is 0 Å². The topological polar surface area (TPSA) is 88.5 Å². The predicted molar refractivity (Wildman–Crippen MR) is 88.4 cm³/mol. The third kappa shape index (κ3) is 2.13. The van der Waals surface area contributed by atoms with Crippen LogP contribution in [0.1, 0.15) is 36.6 Å². The first-order chi connectivity index (χ1) is 12.0. The van der Waals surface area contributed by atoms with Crippen molar-refractivity contribution < 1.29 is 24.3 Å². The van der Waals surface area contributed by atoms with Crippen LogP contribution in [0.4, 0.5) is 0 Å². The molecule has 0 bridgehead atoms.